The summed E-state index contributed by atoms with van der Waals surface area (Å²) < 4.78 is 5.57. The van der Waals surface area contributed by atoms with Crippen LogP contribution in [0, 0.1) is 0 Å². The van der Waals surface area contributed by atoms with Crippen LogP contribution in [0.15, 0.2) is 36.9 Å². The number of nitrogens with zero attached hydrogens (tertiary/aromatic N) is 1. The van der Waals surface area contributed by atoms with Crippen LogP contribution in [0.2, 0.25) is 0 Å². The number of ketones is 1. The van der Waals surface area contributed by atoms with E-state index in [-0.39, 0.29) is 5.78 Å². The van der Waals surface area contributed by atoms with Gasteiger partial charge in [0.15, 0.2) is 5.78 Å². The molecule has 1 rings (SSSR count). The van der Waals surface area contributed by atoms with E-state index in [1.54, 1.807) is 12.1 Å². The van der Waals surface area contributed by atoms with Crippen molar-refractivity contribution < 1.29 is 9.53 Å². The van der Waals surface area contributed by atoms with E-state index in [2.05, 4.69) is 25.5 Å². The van der Waals surface area contributed by atoms with Crippen molar-refractivity contribution in [3.8, 4) is 5.75 Å². The summed E-state index contributed by atoms with van der Waals surface area (Å²) in [7, 11) is 2.05. The van der Waals surface area contributed by atoms with Gasteiger partial charge in [0.05, 0.1) is 0 Å². The first-order chi connectivity index (χ1) is 8.17. The number of hydrogen-bond acceptors (Lipinski definition) is 3. The summed E-state index contributed by atoms with van der Waals surface area (Å²) in [5, 5.41) is 0. The van der Waals surface area contributed by atoms with Crippen molar-refractivity contribution in [2.75, 3.05) is 26.7 Å². The van der Waals surface area contributed by atoms with Crippen LogP contribution in [0.3, 0.4) is 0 Å². The van der Waals surface area contributed by atoms with Gasteiger partial charge in [0.1, 0.15) is 12.4 Å². The maximum absolute atomic E-state index is 11.3. The Balaban J connectivity index is 2.45. The lowest BCUT2D eigenvalue weighted by Crippen LogP contribution is -2.23. The van der Waals surface area contributed by atoms with Crippen molar-refractivity contribution in [1.82, 2.24) is 4.90 Å². The number of allylic oxidation sites excluding steroid dienone is 1. The Morgan fingerprint density at radius 3 is 2.59 bits per heavy atom. The van der Waals surface area contributed by atoms with Crippen LogP contribution in [0.4, 0.5) is 0 Å². The van der Waals surface area contributed by atoms with Crippen molar-refractivity contribution in [3.63, 3.8) is 0 Å². The van der Waals surface area contributed by atoms with Crippen LogP contribution < -0.4 is 4.74 Å². The second kappa shape index (κ2) is 6.86. The molecule has 3 nitrogen and oxygen atoms in total. The molecule has 3 heteroatoms. The fourth-order valence-corrected chi connectivity index (χ4v) is 1.31. The third-order valence-electron chi connectivity index (χ3n) is 2.61. The summed E-state index contributed by atoms with van der Waals surface area (Å²) >= 11 is 0. The Bertz CT molecular complexity index is 370. The second-order valence-corrected chi connectivity index (χ2v) is 3.84. The highest BCUT2D eigenvalue weighted by atomic mass is 16.5. The average Bonchev–Trinajstić information content (AvgIpc) is 2.38. The zero-order valence-corrected chi connectivity index (χ0v) is 10.5. The van der Waals surface area contributed by atoms with Crippen LogP contribution in [-0.2, 0) is 0 Å². The molecular formula is C14H19NO2. The first-order valence-corrected chi connectivity index (χ1v) is 5.75. The van der Waals surface area contributed by atoms with Crippen molar-refractivity contribution >= 4 is 5.78 Å². The Hall–Kier alpha value is -1.61. The molecule has 0 atom stereocenters. The quantitative estimate of drug-likeness (QED) is 0.535. The van der Waals surface area contributed by atoms with E-state index in [1.165, 1.54) is 6.08 Å². The first-order valence-electron chi connectivity index (χ1n) is 5.75. The summed E-state index contributed by atoms with van der Waals surface area (Å²) in [6, 6.07) is 7.12. The molecule has 0 saturated heterocycles. The molecule has 0 spiro atoms. The Kier molecular flexibility index (Phi) is 5.43. The average molecular weight is 233 g/mol. The van der Waals surface area contributed by atoms with E-state index in [4.69, 9.17) is 4.74 Å². The third kappa shape index (κ3) is 4.41. The lowest BCUT2D eigenvalue weighted by Gasteiger charge is -2.14. The number of ether oxygens (including phenoxy) is 1. The number of hydrogen-bond donors (Lipinski definition) is 0. The molecule has 1 aromatic rings. The molecule has 0 aliphatic rings. The normalized spacial score (nSPS) is 10.3. The van der Waals surface area contributed by atoms with Crippen LogP contribution in [-0.4, -0.2) is 37.4 Å². The van der Waals surface area contributed by atoms with E-state index < -0.39 is 0 Å². The maximum atomic E-state index is 11.3. The third-order valence-corrected chi connectivity index (χ3v) is 2.61. The van der Waals surface area contributed by atoms with E-state index in [1.807, 2.05) is 12.1 Å². The van der Waals surface area contributed by atoms with Gasteiger partial charge in [-0.15, -0.1) is 0 Å². The minimum atomic E-state index is -0.0673. The summed E-state index contributed by atoms with van der Waals surface area (Å²) in [4.78, 5) is 13.5. The lowest BCUT2D eigenvalue weighted by molar-refractivity contribution is 0.104. The van der Waals surface area contributed by atoms with Gasteiger partial charge in [-0.3, -0.25) is 4.79 Å². The zero-order chi connectivity index (χ0) is 12.7. The van der Waals surface area contributed by atoms with E-state index in [0.717, 1.165) is 18.8 Å². The Morgan fingerprint density at radius 2 is 2.06 bits per heavy atom. The smallest absolute Gasteiger partial charge is 0.185 e. The fraction of sp³-hybridized carbons (Fsp3) is 0.357. The molecule has 0 radical (unpaired) electrons. The summed E-state index contributed by atoms with van der Waals surface area (Å²) in [5.41, 5.74) is 0.637. The number of likely N-dealkylation sites (N-methyl/N-ethyl adjacent to an activating group) is 1. The highest BCUT2D eigenvalue weighted by Crippen LogP contribution is 2.12. The molecule has 0 aromatic heterocycles. The largest absolute Gasteiger partial charge is 0.492 e. The number of carbonyl (C=O) groups excluding carboxylic acids is 1. The monoisotopic (exact) mass is 233 g/mol. The molecule has 17 heavy (non-hydrogen) atoms. The fourth-order valence-electron chi connectivity index (χ4n) is 1.31. The number of benzene rings is 1. The van der Waals surface area contributed by atoms with Crippen LogP contribution >= 0.6 is 0 Å². The van der Waals surface area contributed by atoms with Crippen molar-refractivity contribution in [3.05, 3.63) is 42.5 Å². The molecular weight excluding hydrogens is 214 g/mol. The van der Waals surface area contributed by atoms with Crippen LogP contribution in [0.5, 0.6) is 5.75 Å². The van der Waals surface area contributed by atoms with Crippen LogP contribution in [0.25, 0.3) is 0 Å². The highest BCUT2D eigenvalue weighted by molar-refractivity contribution is 6.04. The van der Waals surface area contributed by atoms with Crippen molar-refractivity contribution in [2.45, 2.75) is 6.92 Å². The Labute approximate surface area is 103 Å². The molecule has 0 N–H and O–H groups in total. The number of rotatable bonds is 7. The first kappa shape index (κ1) is 13.5. The van der Waals surface area contributed by atoms with Crippen molar-refractivity contribution in [2.24, 2.45) is 0 Å². The van der Waals surface area contributed by atoms with E-state index in [9.17, 15) is 4.79 Å². The molecule has 0 heterocycles. The molecule has 0 aliphatic carbocycles. The molecule has 0 unspecified atom stereocenters. The second-order valence-electron chi connectivity index (χ2n) is 3.84. The van der Waals surface area contributed by atoms with Gasteiger partial charge in [-0.25, -0.2) is 0 Å². The topological polar surface area (TPSA) is 29.5 Å². The van der Waals surface area contributed by atoms with Gasteiger partial charge >= 0.3 is 0 Å². The predicted molar refractivity (Wildman–Crippen MR) is 69.6 cm³/mol. The van der Waals surface area contributed by atoms with Gasteiger partial charge in [-0.1, -0.05) is 13.5 Å². The molecule has 0 fully saturated rings. The minimum Gasteiger partial charge on any atom is -0.492 e. The highest BCUT2D eigenvalue weighted by Gasteiger charge is 2.01. The predicted octanol–water partition coefficient (Wildman–Crippen LogP) is 2.39. The van der Waals surface area contributed by atoms with Gasteiger partial charge in [0.25, 0.3) is 0 Å². The molecule has 1 aromatic carbocycles. The SMILES string of the molecule is C=CC(=O)c1ccc(OCCN(C)CC)cc1. The van der Waals surface area contributed by atoms with Gasteiger partial charge < -0.3 is 9.64 Å². The molecule has 0 aliphatic heterocycles. The standard InChI is InChI=1S/C14H19NO2/c1-4-14(16)12-6-8-13(9-7-12)17-11-10-15(3)5-2/h4,6-9H,1,5,10-11H2,2-3H3. The summed E-state index contributed by atoms with van der Waals surface area (Å²) in [6.45, 7) is 8.11. The van der Waals surface area contributed by atoms with Crippen LogP contribution in [0.1, 0.15) is 17.3 Å². The van der Waals surface area contributed by atoms with Gasteiger partial charge in [0.2, 0.25) is 0 Å². The molecule has 92 valence electrons. The van der Waals surface area contributed by atoms with E-state index >= 15 is 0 Å². The molecule has 0 bridgehead atoms. The van der Waals surface area contributed by atoms with Gasteiger partial charge in [-0.05, 0) is 43.9 Å². The zero-order valence-electron chi connectivity index (χ0n) is 10.5. The van der Waals surface area contributed by atoms with Crippen molar-refractivity contribution in [1.29, 1.82) is 0 Å². The lowest BCUT2D eigenvalue weighted by atomic mass is 10.1. The van der Waals surface area contributed by atoms with E-state index in [0.29, 0.717) is 12.2 Å². The molecule has 0 amide bonds. The van der Waals surface area contributed by atoms with Gasteiger partial charge in [0, 0.05) is 12.1 Å². The Morgan fingerprint density at radius 1 is 1.41 bits per heavy atom. The summed E-state index contributed by atoms with van der Waals surface area (Å²) in [5.74, 6) is 0.720. The molecule has 0 saturated carbocycles. The summed E-state index contributed by atoms with van der Waals surface area (Å²) in [6.07, 6.45) is 1.31. The maximum Gasteiger partial charge on any atom is 0.185 e. The minimum absolute atomic E-state index is 0.0673. The van der Waals surface area contributed by atoms with Gasteiger partial charge in [-0.2, -0.15) is 0 Å². The number of carbonyl (C=O) groups is 1.